The molecule has 18 heavy (non-hydrogen) atoms. The van der Waals surface area contributed by atoms with Gasteiger partial charge >= 0.3 is 0 Å². The third kappa shape index (κ3) is 1.90. The van der Waals surface area contributed by atoms with Gasteiger partial charge in [0.2, 0.25) is 0 Å². The lowest BCUT2D eigenvalue weighted by atomic mass is 10.4. The Morgan fingerprint density at radius 1 is 1.44 bits per heavy atom. The number of imidazole rings is 1. The standard InChI is InChI=1S/C10H13N5O3/c11-9-8-10(13-4-12-9)15(5-14-8)1-7-17-3-6(2-16)18-7/h4-7,16H,1-3H2,(H2,11,12,13)/t6-,7+/m1/s1. The lowest BCUT2D eigenvalue weighted by Gasteiger charge is -2.11. The number of aliphatic hydroxyl groups is 1. The molecule has 0 spiro atoms. The van der Waals surface area contributed by atoms with E-state index in [-0.39, 0.29) is 12.7 Å². The number of nitrogen functional groups attached to an aromatic ring is 1. The lowest BCUT2D eigenvalue weighted by molar-refractivity contribution is -0.0736. The average molecular weight is 251 g/mol. The van der Waals surface area contributed by atoms with Crippen LogP contribution in [0.4, 0.5) is 5.82 Å². The van der Waals surface area contributed by atoms with Gasteiger partial charge in [-0.25, -0.2) is 15.0 Å². The van der Waals surface area contributed by atoms with E-state index in [2.05, 4.69) is 15.0 Å². The highest BCUT2D eigenvalue weighted by Gasteiger charge is 2.26. The summed E-state index contributed by atoms with van der Waals surface area (Å²) in [6.07, 6.45) is 2.34. The molecule has 0 saturated carbocycles. The number of rotatable bonds is 3. The number of hydrogen-bond acceptors (Lipinski definition) is 7. The van der Waals surface area contributed by atoms with E-state index in [1.807, 2.05) is 0 Å². The molecule has 96 valence electrons. The van der Waals surface area contributed by atoms with E-state index >= 15 is 0 Å². The van der Waals surface area contributed by atoms with Crippen molar-refractivity contribution in [1.82, 2.24) is 19.5 Å². The van der Waals surface area contributed by atoms with Crippen LogP contribution in [0.5, 0.6) is 0 Å². The van der Waals surface area contributed by atoms with Crippen LogP contribution < -0.4 is 5.73 Å². The van der Waals surface area contributed by atoms with E-state index in [9.17, 15) is 0 Å². The summed E-state index contributed by atoms with van der Waals surface area (Å²) >= 11 is 0. The van der Waals surface area contributed by atoms with Crippen molar-refractivity contribution < 1.29 is 14.6 Å². The number of hydrogen-bond donors (Lipinski definition) is 2. The molecule has 1 fully saturated rings. The van der Waals surface area contributed by atoms with Gasteiger partial charge in [-0.05, 0) is 0 Å². The molecule has 2 atom stereocenters. The molecule has 0 radical (unpaired) electrons. The predicted octanol–water partition coefficient (Wildman–Crippen LogP) is -0.858. The zero-order chi connectivity index (χ0) is 12.5. The van der Waals surface area contributed by atoms with E-state index < -0.39 is 6.29 Å². The van der Waals surface area contributed by atoms with Gasteiger partial charge in [0.1, 0.15) is 17.9 Å². The van der Waals surface area contributed by atoms with E-state index in [1.165, 1.54) is 6.33 Å². The molecule has 1 aliphatic rings. The maximum atomic E-state index is 8.96. The fourth-order valence-corrected chi connectivity index (χ4v) is 1.89. The van der Waals surface area contributed by atoms with E-state index in [0.29, 0.717) is 30.1 Å². The van der Waals surface area contributed by atoms with Gasteiger partial charge in [-0.2, -0.15) is 0 Å². The van der Waals surface area contributed by atoms with E-state index in [1.54, 1.807) is 10.9 Å². The molecule has 2 aromatic rings. The SMILES string of the molecule is Nc1ncnc2c1ncn2C[C@H]1OC[C@@H](CO)O1. The monoisotopic (exact) mass is 251 g/mol. The van der Waals surface area contributed by atoms with Crippen molar-refractivity contribution in [2.24, 2.45) is 0 Å². The molecule has 0 aliphatic carbocycles. The Hall–Kier alpha value is -1.77. The average Bonchev–Trinajstić information content (AvgIpc) is 2.98. The Balaban J connectivity index is 1.81. The maximum absolute atomic E-state index is 8.96. The first-order valence-electron chi connectivity index (χ1n) is 5.57. The Labute approximate surface area is 102 Å². The summed E-state index contributed by atoms with van der Waals surface area (Å²) in [7, 11) is 0. The van der Waals surface area contributed by atoms with Crippen LogP contribution in [-0.4, -0.2) is 50.2 Å². The first kappa shape index (κ1) is 11.3. The number of anilines is 1. The topological polar surface area (TPSA) is 108 Å². The minimum absolute atomic E-state index is 0.0453. The summed E-state index contributed by atoms with van der Waals surface area (Å²) in [6.45, 7) is 0.796. The number of nitrogens with two attached hydrogens (primary N) is 1. The van der Waals surface area contributed by atoms with E-state index in [0.717, 1.165) is 0 Å². The second-order valence-corrected chi connectivity index (χ2v) is 4.03. The van der Waals surface area contributed by atoms with Crippen molar-refractivity contribution in [3.05, 3.63) is 12.7 Å². The van der Waals surface area contributed by atoms with Crippen molar-refractivity contribution in [2.75, 3.05) is 18.9 Å². The summed E-state index contributed by atoms with van der Waals surface area (Å²) in [5, 5.41) is 8.96. The van der Waals surface area contributed by atoms with Crippen LogP contribution >= 0.6 is 0 Å². The summed E-state index contributed by atoms with van der Waals surface area (Å²) in [5.74, 6) is 0.347. The molecule has 0 aromatic carbocycles. The summed E-state index contributed by atoms with van der Waals surface area (Å²) < 4.78 is 12.7. The Kier molecular flexibility index (Phi) is 2.82. The number of nitrogens with zero attached hydrogens (tertiary/aromatic N) is 4. The van der Waals surface area contributed by atoms with Crippen LogP contribution in [0, 0.1) is 0 Å². The molecule has 8 nitrogen and oxygen atoms in total. The third-order valence-electron chi connectivity index (χ3n) is 2.79. The van der Waals surface area contributed by atoms with Crippen LogP contribution in [0.15, 0.2) is 12.7 Å². The first-order chi connectivity index (χ1) is 8.78. The zero-order valence-electron chi connectivity index (χ0n) is 9.56. The van der Waals surface area contributed by atoms with Crippen molar-refractivity contribution in [3.63, 3.8) is 0 Å². The fraction of sp³-hybridized carbons (Fsp3) is 0.500. The second-order valence-electron chi connectivity index (χ2n) is 4.03. The van der Waals surface area contributed by atoms with Crippen LogP contribution in [-0.2, 0) is 16.0 Å². The van der Waals surface area contributed by atoms with Gasteiger partial charge in [0, 0.05) is 0 Å². The minimum Gasteiger partial charge on any atom is -0.394 e. The van der Waals surface area contributed by atoms with Crippen molar-refractivity contribution in [2.45, 2.75) is 18.9 Å². The number of aromatic nitrogens is 4. The van der Waals surface area contributed by atoms with Gasteiger partial charge in [-0.1, -0.05) is 0 Å². The molecule has 0 bridgehead atoms. The van der Waals surface area contributed by atoms with Gasteiger partial charge in [0.15, 0.2) is 17.8 Å². The predicted molar refractivity (Wildman–Crippen MR) is 61.4 cm³/mol. The normalized spacial score (nSPS) is 23.8. The summed E-state index contributed by atoms with van der Waals surface area (Å²) in [6, 6.07) is 0. The van der Waals surface area contributed by atoms with Crippen LogP contribution in [0.1, 0.15) is 0 Å². The highest BCUT2D eigenvalue weighted by molar-refractivity contribution is 5.81. The second kappa shape index (κ2) is 4.48. The Morgan fingerprint density at radius 3 is 3.11 bits per heavy atom. The van der Waals surface area contributed by atoms with Crippen molar-refractivity contribution in [1.29, 1.82) is 0 Å². The highest BCUT2D eigenvalue weighted by atomic mass is 16.7. The molecule has 3 heterocycles. The first-order valence-corrected chi connectivity index (χ1v) is 5.57. The van der Waals surface area contributed by atoms with Crippen LogP contribution in [0.25, 0.3) is 11.2 Å². The largest absolute Gasteiger partial charge is 0.394 e. The van der Waals surface area contributed by atoms with Crippen LogP contribution in [0.2, 0.25) is 0 Å². The smallest absolute Gasteiger partial charge is 0.176 e. The molecule has 2 aromatic heterocycles. The summed E-state index contributed by atoms with van der Waals surface area (Å²) in [5.41, 5.74) is 6.90. The molecule has 1 aliphatic heterocycles. The lowest BCUT2D eigenvalue weighted by Crippen LogP contribution is -2.20. The molecule has 3 N–H and O–H groups in total. The highest BCUT2D eigenvalue weighted by Crippen LogP contribution is 2.18. The molecule has 8 heteroatoms. The quantitative estimate of drug-likeness (QED) is 0.730. The maximum Gasteiger partial charge on any atom is 0.176 e. The molecule has 0 unspecified atom stereocenters. The molecule has 1 saturated heterocycles. The van der Waals surface area contributed by atoms with Crippen molar-refractivity contribution in [3.8, 4) is 0 Å². The Morgan fingerprint density at radius 2 is 2.33 bits per heavy atom. The fourth-order valence-electron chi connectivity index (χ4n) is 1.89. The van der Waals surface area contributed by atoms with Gasteiger partial charge in [0.25, 0.3) is 0 Å². The zero-order valence-corrected chi connectivity index (χ0v) is 9.56. The van der Waals surface area contributed by atoms with Gasteiger partial charge < -0.3 is 24.9 Å². The summed E-state index contributed by atoms with van der Waals surface area (Å²) in [4.78, 5) is 12.2. The van der Waals surface area contributed by atoms with Gasteiger partial charge in [0.05, 0.1) is 26.1 Å². The van der Waals surface area contributed by atoms with Gasteiger partial charge in [-0.3, -0.25) is 0 Å². The minimum atomic E-state index is -0.407. The molecule has 0 amide bonds. The molecular formula is C10H13N5O3. The Bertz CT molecular complexity index is 557. The number of aliphatic hydroxyl groups excluding tert-OH is 1. The van der Waals surface area contributed by atoms with E-state index in [4.69, 9.17) is 20.3 Å². The number of fused-ring (bicyclic) bond motifs is 1. The molecular weight excluding hydrogens is 238 g/mol. The van der Waals surface area contributed by atoms with Crippen LogP contribution in [0.3, 0.4) is 0 Å². The molecule has 3 rings (SSSR count). The third-order valence-corrected chi connectivity index (χ3v) is 2.79. The number of ether oxygens (including phenoxy) is 2. The van der Waals surface area contributed by atoms with Crippen molar-refractivity contribution >= 4 is 17.0 Å². The van der Waals surface area contributed by atoms with Gasteiger partial charge in [-0.15, -0.1) is 0 Å².